The summed E-state index contributed by atoms with van der Waals surface area (Å²) in [4.78, 5) is 26.0. The van der Waals surface area contributed by atoms with Crippen molar-refractivity contribution in [3.05, 3.63) is 76.3 Å². The van der Waals surface area contributed by atoms with Gasteiger partial charge in [0.1, 0.15) is 0 Å². The molecule has 25 heavy (non-hydrogen) atoms. The molecule has 2 amide bonds. The molecule has 4 nitrogen and oxygen atoms in total. The van der Waals surface area contributed by atoms with E-state index < -0.39 is 0 Å². The first-order valence-electron chi connectivity index (χ1n) is 8.17. The van der Waals surface area contributed by atoms with E-state index in [-0.39, 0.29) is 11.8 Å². The monoisotopic (exact) mass is 398 g/mol. The maximum Gasteiger partial charge on any atom is 0.253 e. The van der Waals surface area contributed by atoms with Crippen LogP contribution in [0.15, 0.2) is 59.6 Å². The lowest BCUT2D eigenvalue weighted by Crippen LogP contribution is -2.33. The van der Waals surface area contributed by atoms with Gasteiger partial charge in [-0.05, 0) is 66.4 Å². The number of hydrogen-bond donors (Lipinski definition) is 1. The van der Waals surface area contributed by atoms with Gasteiger partial charge in [-0.15, -0.1) is 0 Å². The Morgan fingerprint density at radius 1 is 1.04 bits per heavy atom. The Hall–Kier alpha value is -2.40. The fourth-order valence-electron chi connectivity index (χ4n) is 2.97. The average molecular weight is 399 g/mol. The summed E-state index contributed by atoms with van der Waals surface area (Å²) in [6.07, 6.45) is 2.93. The summed E-state index contributed by atoms with van der Waals surface area (Å²) < 4.78 is 1.07. The van der Waals surface area contributed by atoms with Crippen LogP contribution in [0, 0.1) is 0 Å². The molecule has 1 N–H and O–H groups in total. The number of benzene rings is 2. The van der Waals surface area contributed by atoms with Gasteiger partial charge in [-0.2, -0.15) is 0 Å². The number of hydrogen-bond acceptors (Lipinski definition) is 2. The van der Waals surface area contributed by atoms with Crippen molar-refractivity contribution in [1.29, 1.82) is 0 Å². The Kier molecular flexibility index (Phi) is 5.34. The van der Waals surface area contributed by atoms with Crippen LogP contribution in [0.4, 0.5) is 5.69 Å². The maximum atomic E-state index is 12.8. The first-order chi connectivity index (χ1) is 12.1. The molecule has 2 aromatic carbocycles. The Morgan fingerprint density at radius 3 is 2.40 bits per heavy atom. The third-order valence-corrected chi connectivity index (χ3v) is 4.84. The molecule has 0 fully saturated rings. The zero-order valence-corrected chi connectivity index (χ0v) is 15.4. The topological polar surface area (TPSA) is 49.4 Å². The molecule has 0 spiro atoms. The molecule has 1 aliphatic heterocycles. The molecule has 128 valence electrons. The number of rotatable bonds is 3. The number of carbonyl (C=O) groups excluding carboxylic acids is 2. The van der Waals surface area contributed by atoms with Crippen molar-refractivity contribution in [2.45, 2.75) is 12.8 Å². The van der Waals surface area contributed by atoms with E-state index >= 15 is 0 Å². The molecule has 0 saturated carbocycles. The number of amides is 2. The third-order valence-electron chi connectivity index (χ3n) is 4.34. The lowest BCUT2D eigenvalue weighted by Gasteiger charge is -2.20. The minimum absolute atomic E-state index is 0.0217. The number of nitrogens with zero attached hydrogens (tertiary/aromatic N) is 1. The Labute approximate surface area is 155 Å². The minimum Gasteiger partial charge on any atom is -0.338 e. The van der Waals surface area contributed by atoms with Crippen LogP contribution >= 0.6 is 15.9 Å². The van der Waals surface area contributed by atoms with Crippen LogP contribution in [0.2, 0.25) is 0 Å². The molecule has 0 aromatic heterocycles. The fraction of sp³-hybridized carbons (Fsp3) is 0.200. The minimum atomic E-state index is -0.268. The van der Waals surface area contributed by atoms with Crippen LogP contribution in [0.3, 0.4) is 0 Å². The Balaban J connectivity index is 1.69. The van der Waals surface area contributed by atoms with Crippen LogP contribution in [0.5, 0.6) is 0 Å². The fourth-order valence-corrected chi connectivity index (χ4v) is 3.38. The summed E-state index contributed by atoms with van der Waals surface area (Å²) in [5.41, 5.74) is 3.88. The highest BCUT2D eigenvalue weighted by molar-refractivity contribution is 9.10. The predicted octanol–water partition coefficient (Wildman–Crippen LogP) is 3.81. The van der Waals surface area contributed by atoms with E-state index in [0.717, 1.165) is 17.3 Å². The number of anilines is 1. The van der Waals surface area contributed by atoms with Crippen molar-refractivity contribution in [3.63, 3.8) is 0 Å². The van der Waals surface area contributed by atoms with Gasteiger partial charge in [-0.1, -0.05) is 28.6 Å². The molecule has 0 unspecified atom stereocenters. The molecule has 2 aromatic rings. The first kappa shape index (κ1) is 17.4. The van der Waals surface area contributed by atoms with E-state index in [4.69, 9.17) is 0 Å². The van der Waals surface area contributed by atoms with Crippen molar-refractivity contribution < 1.29 is 9.59 Å². The number of nitrogens with one attached hydrogen (secondary N) is 1. The number of halogens is 1. The number of carbonyl (C=O) groups is 2. The largest absolute Gasteiger partial charge is 0.338 e. The lowest BCUT2D eigenvalue weighted by molar-refractivity contribution is -0.111. The van der Waals surface area contributed by atoms with Crippen molar-refractivity contribution >= 4 is 33.4 Å². The van der Waals surface area contributed by atoms with Crippen LogP contribution in [-0.2, 0) is 17.6 Å². The molecule has 0 atom stereocenters. The van der Waals surface area contributed by atoms with Gasteiger partial charge in [0.25, 0.3) is 5.91 Å². The quantitative estimate of drug-likeness (QED) is 0.798. The highest BCUT2D eigenvalue weighted by Gasteiger charge is 2.19. The van der Waals surface area contributed by atoms with Crippen LogP contribution in [-0.4, -0.2) is 29.8 Å². The molecule has 0 radical (unpaired) electrons. The van der Waals surface area contributed by atoms with Crippen molar-refractivity contribution in [1.82, 2.24) is 4.90 Å². The van der Waals surface area contributed by atoms with Gasteiger partial charge in [0.05, 0.1) is 0 Å². The molecule has 1 heterocycles. The van der Waals surface area contributed by atoms with Crippen molar-refractivity contribution in [2.24, 2.45) is 0 Å². The van der Waals surface area contributed by atoms with Crippen molar-refractivity contribution in [2.75, 3.05) is 18.4 Å². The van der Waals surface area contributed by atoms with E-state index in [9.17, 15) is 9.59 Å². The second-order valence-electron chi connectivity index (χ2n) is 5.98. The van der Waals surface area contributed by atoms with Gasteiger partial charge < -0.3 is 10.2 Å². The van der Waals surface area contributed by atoms with E-state index in [0.29, 0.717) is 24.3 Å². The van der Waals surface area contributed by atoms with Crippen LogP contribution < -0.4 is 5.32 Å². The third kappa shape index (κ3) is 4.17. The van der Waals surface area contributed by atoms with E-state index in [1.54, 1.807) is 24.3 Å². The molecular weight excluding hydrogens is 380 g/mol. The van der Waals surface area contributed by atoms with Gasteiger partial charge in [0.2, 0.25) is 5.91 Å². The average Bonchev–Trinajstić information content (AvgIpc) is 2.84. The van der Waals surface area contributed by atoms with E-state index in [2.05, 4.69) is 40.0 Å². The van der Waals surface area contributed by atoms with Crippen LogP contribution in [0.1, 0.15) is 21.5 Å². The summed E-state index contributed by atoms with van der Waals surface area (Å²) >= 11 is 3.51. The highest BCUT2D eigenvalue weighted by atomic mass is 79.9. The molecular formula is C20H19BrN2O2. The Morgan fingerprint density at radius 2 is 1.72 bits per heavy atom. The zero-order chi connectivity index (χ0) is 17.8. The standard InChI is InChI=1S/C20H19BrN2O2/c1-2-19(24)22-18-7-4-15(5-8-18)20(25)23-11-9-14-3-6-17(21)13-16(14)10-12-23/h2-8,13H,1,9-12H2,(H,22,24). The van der Waals surface area contributed by atoms with E-state index in [1.807, 2.05) is 11.0 Å². The van der Waals surface area contributed by atoms with Gasteiger partial charge in [0.15, 0.2) is 0 Å². The zero-order valence-electron chi connectivity index (χ0n) is 13.8. The van der Waals surface area contributed by atoms with Gasteiger partial charge in [-0.3, -0.25) is 9.59 Å². The molecule has 3 rings (SSSR count). The van der Waals surface area contributed by atoms with Crippen molar-refractivity contribution in [3.8, 4) is 0 Å². The maximum absolute atomic E-state index is 12.8. The molecule has 5 heteroatoms. The summed E-state index contributed by atoms with van der Waals surface area (Å²) in [7, 11) is 0. The summed E-state index contributed by atoms with van der Waals surface area (Å²) in [6, 6.07) is 13.3. The second kappa shape index (κ2) is 7.66. The molecule has 0 aliphatic carbocycles. The SMILES string of the molecule is C=CC(=O)Nc1ccc(C(=O)N2CCc3ccc(Br)cc3CC2)cc1. The smallest absolute Gasteiger partial charge is 0.253 e. The van der Waals surface area contributed by atoms with Gasteiger partial charge >= 0.3 is 0 Å². The lowest BCUT2D eigenvalue weighted by atomic mass is 10.0. The van der Waals surface area contributed by atoms with E-state index in [1.165, 1.54) is 17.2 Å². The molecule has 0 bridgehead atoms. The normalized spacial score (nSPS) is 13.6. The second-order valence-corrected chi connectivity index (χ2v) is 6.89. The summed E-state index contributed by atoms with van der Waals surface area (Å²) in [5, 5.41) is 2.68. The first-order valence-corrected chi connectivity index (χ1v) is 8.96. The molecule has 0 saturated heterocycles. The van der Waals surface area contributed by atoms with Crippen LogP contribution in [0.25, 0.3) is 0 Å². The van der Waals surface area contributed by atoms with Gasteiger partial charge in [0, 0.05) is 28.8 Å². The number of fused-ring (bicyclic) bond motifs is 1. The molecule has 1 aliphatic rings. The summed E-state index contributed by atoms with van der Waals surface area (Å²) in [6.45, 7) is 4.84. The highest BCUT2D eigenvalue weighted by Crippen LogP contribution is 2.22. The summed E-state index contributed by atoms with van der Waals surface area (Å²) in [5.74, 6) is -0.246. The Bertz CT molecular complexity index is 815. The van der Waals surface area contributed by atoms with Gasteiger partial charge in [-0.25, -0.2) is 0 Å². The predicted molar refractivity (Wildman–Crippen MR) is 103 cm³/mol.